The van der Waals surface area contributed by atoms with Crippen molar-refractivity contribution in [3.05, 3.63) is 0 Å². The van der Waals surface area contributed by atoms with E-state index in [2.05, 4.69) is 33.9 Å². The van der Waals surface area contributed by atoms with Crippen molar-refractivity contribution in [3.63, 3.8) is 0 Å². The normalized spacial score (nSPS) is 36.4. The van der Waals surface area contributed by atoms with E-state index in [4.69, 9.17) is 4.43 Å². The predicted molar refractivity (Wildman–Crippen MR) is 78.6 cm³/mol. The van der Waals surface area contributed by atoms with Crippen molar-refractivity contribution in [2.75, 3.05) is 0 Å². The molecule has 0 aromatic rings. The lowest BCUT2D eigenvalue weighted by atomic mass is 9.80. The first kappa shape index (κ1) is 15.2. The number of hydrogen-bond donors (Lipinski definition) is 1. The summed E-state index contributed by atoms with van der Waals surface area (Å²) in [5.41, 5.74) is -0.271. The highest BCUT2D eigenvalue weighted by molar-refractivity contribution is 6.74. The molecule has 0 heterocycles. The van der Waals surface area contributed by atoms with Crippen LogP contribution in [0.25, 0.3) is 0 Å². The monoisotopic (exact) mass is 284 g/mol. The molecular formula is C15H28O3Si. The molecule has 1 spiro atoms. The molecule has 2 saturated carbocycles. The molecule has 2 rings (SSSR count). The Hall–Kier alpha value is -0.193. The Kier molecular flexibility index (Phi) is 3.74. The third-order valence-corrected chi connectivity index (χ3v) is 10.1. The van der Waals surface area contributed by atoms with Crippen molar-refractivity contribution in [2.24, 2.45) is 5.41 Å². The van der Waals surface area contributed by atoms with E-state index in [1.807, 2.05) is 0 Å². The Bertz CT molecular complexity index is 372. The van der Waals surface area contributed by atoms with Gasteiger partial charge in [0.05, 0.1) is 12.2 Å². The minimum atomic E-state index is -1.84. The zero-order valence-electron chi connectivity index (χ0n) is 13.0. The van der Waals surface area contributed by atoms with E-state index in [-0.39, 0.29) is 22.3 Å². The van der Waals surface area contributed by atoms with Gasteiger partial charge in [-0.1, -0.05) is 27.2 Å². The van der Waals surface area contributed by atoms with Crippen molar-refractivity contribution in [3.8, 4) is 0 Å². The van der Waals surface area contributed by atoms with Gasteiger partial charge in [0, 0.05) is 18.3 Å². The van der Waals surface area contributed by atoms with Gasteiger partial charge in [-0.25, -0.2) is 0 Å². The molecule has 0 bridgehead atoms. The van der Waals surface area contributed by atoms with Crippen molar-refractivity contribution >= 4 is 14.1 Å². The Balaban J connectivity index is 2.19. The van der Waals surface area contributed by atoms with Gasteiger partial charge >= 0.3 is 0 Å². The maximum atomic E-state index is 11.7. The average molecular weight is 284 g/mol. The quantitative estimate of drug-likeness (QED) is 0.792. The molecule has 2 fully saturated rings. The number of rotatable bonds is 2. The molecule has 0 aromatic carbocycles. The van der Waals surface area contributed by atoms with Gasteiger partial charge in [-0.3, -0.25) is 4.79 Å². The maximum Gasteiger partial charge on any atom is 0.192 e. The second-order valence-electron chi connectivity index (χ2n) is 7.93. The number of carbonyl (C=O) groups excluding carboxylic acids is 1. The number of aliphatic hydroxyl groups is 1. The first-order valence-electron chi connectivity index (χ1n) is 7.46. The Morgan fingerprint density at radius 3 is 2.47 bits per heavy atom. The lowest BCUT2D eigenvalue weighted by Gasteiger charge is -2.43. The summed E-state index contributed by atoms with van der Waals surface area (Å²) in [5.74, 6) is 0.207. The summed E-state index contributed by atoms with van der Waals surface area (Å²) in [7, 11) is -1.84. The zero-order chi connectivity index (χ0) is 14.5. The fraction of sp³-hybridized carbons (Fsp3) is 0.933. The lowest BCUT2D eigenvalue weighted by molar-refractivity contribution is -0.118. The molecule has 0 amide bonds. The fourth-order valence-electron chi connectivity index (χ4n) is 3.33. The molecule has 4 heteroatoms. The van der Waals surface area contributed by atoms with Gasteiger partial charge in [0.2, 0.25) is 0 Å². The maximum absolute atomic E-state index is 11.7. The van der Waals surface area contributed by atoms with Gasteiger partial charge < -0.3 is 9.53 Å². The molecule has 2 aliphatic rings. The molecule has 0 saturated heterocycles. The van der Waals surface area contributed by atoms with Gasteiger partial charge in [-0.2, -0.15) is 0 Å². The molecule has 0 aromatic heterocycles. The summed E-state index contributed by atoms with van der Waals surface area (Å²) in [4.78, 5) is 11.7. The smallest absolute Gasteiger partial charge is 0.192 e. The first-order chi connectivity index (χ1) is 8.58. The summed E-state index contributed by atoms with van der Waals surface area (Å²) < 4.78 is 6.55. The van der Waals surface area contributed by atoms with Crippen molar-refractivity contribution in [1.82, 2.24) is 0 Å². The Morgan fingerprint density at radius 1 is 1.37 bits per heavy atom. The Labute approximate surface area is 117 Å². The molecule has 0 unspecified atom stereocenters. The van der Waals surface area contributed by atoms with Crippen LogP contribution in [0.2, 0.25) is 18.1 Å². The van der Waals surface area contributed by atoms with Crippen LogP contribution in [0, 0.1) is 5.41 Å². The van der Waals surface area contributed by atoms with Crippen LogP contribution in [0.4, 0.5) is 0 Å². The topological polar surface area (TPSA) is 46.5 Å². The van der Waals surface area contributed by atoms with Crippen LogP contribution in [0.15, 0.2) is 0 Å². The molecule has 19 heavy (non-hydrogen) atoms. The summed E-state index contributed by atoms with van der Waals surface area (Å²) in [6.07, 6.45) is 3.46. The molecule has 3 atom stereocenters. The lowest BCUT2D eigenvalue weighted by Crippen LogP contribution is -2.49. The molecule has 110 valence electrons. The number of carbonyl (C=O) groups is 1. The molecule has 0 aliphatic heterocycles. The van der Waals surface area contributed by atoms with Crippen LogP contribution in [0.3, 0.4) is 0 Å². The SMILES string of the molecule is CC(C)(C)[Si](C)(C)O[C@@H]1CCC[C@]12CC(=O)C[C@@H]2O. The van der Waals surface area contributed by atoms with E-state index >= 15 is 0 Å². The predicted octanol–water partition coefficient (Wildman–Crippen LogP) is 3.27. The molecule has 3 nitrogen and oxygen atoms in total. The summed E-state index contributed by atoms with van der Waals surface area (Å²) in [6, 6.07) is 0. The summed E-state index contributed by atoms with van der Waals surface area (Å²) in [6.45, 7) is 11.2. The molecule has 0 radical (unpaired) electrons. The standard InChI is InChI=1S/C15H28O3Si/c1-14(2,3)19(4,5)18-13-7-6-8-15(13)10-11(16)9-12(15)17/h12-13,17H,6-10H2,1-5H3/t12-,13+,15+/m0/s1. The highest BCUT2D eigenvalue weighted by Crippen LogP contribution is 2.53. The summed E-state index contributed by atoms with van der Waals surface area (Å²) >= 11 is 0. The van der Waals surface area contributed by atoms with Crippen LogP contribution < -0.4 is 0 Å². The van der Waals surface area contributed by atoms with Gasteiger partial charge in [-0.15, -0.1) is 0 Å². The zero-order valence-corrected chi connectivity index (χ0v) is 14.0. The van der Waals surface area contributed by atoms with E-state index in [1.54, 1.807) is 0 Å². The highest BCUT2D eigenvalue weighted by Gasteiger charge is 2.56. The number of Topliss-reactive ketones (excluding diaryl/α,β-unsaturated/α-hetero) is 1. The van der Waals surface area contributed by atoms with Gasteiger partial charge in [0.25, 0.3) is 0 Å². The molecule has 2 aliphatic carbocycles. The van der Waals surface area contributed by atoms with Gasteiger partial charge in [-0.05, 0) is 31.0 Å². The van der Waals surface area contributed by atoms with Crippen molar-refractivity contribution in [2.45, 2.75) is 83.2 Å². The number of hydrogen-bond acceptors (Lipinski definition) is 3. The van der Waals surface area contributed by atoms with E-state index < -0.39 is 14.4 Å². The molecular weight excluding hydrogens is 256 g/mol. The third kappa shape index (κ3) is 2.55. The van der Waals surface area contributed by atoms with Gasteiger partial charge in [0.1, 0.15) is 5.78 Å². The van der Waals surface area contributed by atoms with Crippen LogP contribution in [-0.4, -0.2) is 31.4 Å². The summed E-state index contributed by atoms with van der Waals surface area (Å²) in [5, 5.41) is 10.5. The van der Waals surface area contributed by atoms with Crippen molar-refractivity contribution < 1.29 is 14.3 Å². The molecule has 1 N–H and O–H groups in total. The van der Waals surface area contributed by atoms with Crippen LogP contribution in [0.1, 0.15) is 52.9 Å². The minimum absolute atomic E-state index is 0.0786. The second-order valence-corrected chi connectivity index (χ2v) is 12.7. The van der Waals surface area contributed by atoms with Gasteiger partial charge in [0.15, 0.2) is 8.32 Å². The average Bonchev–Trinajstić information content (AvgIpc) is 2.71. The highest BCUT2D eigenvalue weighted by atomic mass is 28.4. The minimum Gasteiger partial charge on any atom is -0.413 e. The fourth-order valence-corrected chi connectivity index (χ4v) is 4.75. The van der Waals surface area contributed by atoms with E-state index in [1.165, 1.54) is 0 Å². The van der Waals surface area contributed by atoms with E-state index in [9.17, 15) is 9.90 Å². The third-order valence-electron chi connectivity index (χ3n) is 5.60. The second kappa shape index (κ2) is 4.67. The largest absolute Gasteiger partial charge is 0.413 e. The number of aliphatic hydroxyl groups excluding tert-OH is 1. The van der Waals surface area contributed by atoms with Crippen LogP contribution in [0.5, 0.6) is 0 Å². The Morgan fingerprint density at radius 2 is 2.00 bits per heavy atom. The number of ketones is 1. The van der Waals surface area contributed by atoms with E-state index in [0.717, 1.165) is 19.3 Å². The first-order valence-corrected chi connectivity index (χ1v) is 10.4. The van der Waals surface area contributed by atoms with Crippen molar-refractivity contribution in [1.29, 1.82) is 0 Å². The van der Waals surface area contributed by atoms with Crippen LogP contribution >= 0.6 is 0 Å². The van der Waals surface area contributed by atoms with Crippen LogP contribution in [-0.2, 0) is 9.22 Å². The van der Waals surface area contributed by atoms with E-state index in [0.29, 0.717) is 12.8 Å².